The summed E-state index contributed by atoms with van der Waals surface area (Å²) in [7, 11) is 0. The molecular formula is C15H21NO9S. The van der Waals surface area contributed by atoms with E-state index in [1.807, 2.05) is 0 Å². The maximum absolute atomic E-state index is 11.5. The lowest BCUT2D eigenvalue weighted by molar-refractivity contribution is -0.241. The van der Waals surface area contributed by atoms with E-state index in [-0.39, 0.29) is 11.6 Å². The van der Waals surface area contributed by atoms with Crippen LogP contribution in [0.5, 0.6) is 0 Å². The smallest absolute Gasteiger partial charge is 0.303 e. The summed E-state index contributed by atoms with van der Waals surface area (Å²) >= 11 is 4.93. The second kappa shape index (κ2) is 9.43. The van der Waals surface area contributed by atoms with E-state index in [9.17, 15) is 19.2 Å². The predicted octanol–water partition coefficient (Wildman–Crippen LogP) is -0.602. The highest BCUT2D eigenvalue weighted by Crippen LogP contribution is 2.29. The van der Waals surface area contributed by atoms with E-state index in [1.54, 1.807) is 0 Å². The van der Waals surface area contributed by atoms with Gasteiger partial charge in [0.1, 0.15) is 23.8 Å². The Morgan fingerprint density at radius 3 is 1.73 bits per heavy atom. The third-order valence-electron chi connectivity index (χ3n) is 3.27. The molecule has 2 N–H and O–H groups in total. The number of rotatable bonds is 6. The fraction of sp³-hybridized carbons (Fsp3) is 0.667. The molecule has 0 saturated carbocycles. The lowest BCUT2D eigenvalue weighted by atomic mass is 9.94. The summed E-state index contributed by atoms with van der Waals surface area (Å²) in [5.41, 5.74) is 5.65. The highest BCUT2D eigenvalue weighted by molar-refractivity contribution is 7.80. The number of hydrogen-bond donors (Lipinski definition) is 1. The van der Waals surface area contributed by atoms with Crippen LogP contribution in [0.25, 0.3) is 0 Å². The Labute approximate surface area is 155 Å². The van der Waals surface area contributed by atoms with Crippen LogP contribution in [-0.2, 0) is 42.9 Å². The lowest BCUT2D eigenvalue weighted by Crippen LogP contribution is -2.64. The topological polar surface area (TPSA) is 140 Å². The van der Waals surface area contributed by atoms with E-state index in [1.165, 1.54) is 6.92 Å². The second-order valence-electron chi connectivity index (χ2n) is 5.52. The minimum Gasteiger partial charge on any atom is -0.463 e. The SMILES string of the molecule is CC(=O)OC[C@H]1O[C@@H](C(N)=S)[C@H](OC(C)=O)[C@@H](OC(C)=O)[C@@H]1OC(C)=O. The Morgan fingerprint density at radius 1 is 0.846 bits per heavy atom. The third-order valence-corrected chi connectivity index (χ3v) is 3.50. The molecule has 0 unspecified atom stereocenters. The number of hydrogen-bond acceptors (Lipinski definition) is 10. The maximum Gasteiger partial charge on any atom is 0.303 e. The highest BCUT2D eigenvalue weighted by atomic mass is 32.1. The first-order valence-corrected chi connectivity index (χ1v) is 8.03. The Kier molecular flexibility index (Phi) is 7.90. The molecule has 1 fully saturated rings. The Bertz CT molecular complexity index is 594. The largest absolute Gasteiger partial charge is 0.463 e. The standard InChI is InChI=1S/C15H21NO9S/c1-6(17)21-5-10-11(22-7(2)18)12(23-8(3)19)13(24-9(4)20)14(25-10)15(16)26/h10-14H,5H2,1-4H3,(H2,16,26)/t10-,11-,12+,13-,14-/m1/s1. The Hall–Kier alpha value is -2.27. The zero-order valence-corrected chi connectivity index (χ0v) is 15.6. The molecule has 0 aromatic rings. The van der Waals surface area contributed by atoms with Gasteiger partial charge in [0.25, 0.3) is 0 Å². The van der Waals surface area contributed by atoms with Gasteiger partial charge in [-0.15, -0.1) is 0 Å². The number of ether oxygens (including phenoxy) is 5. The van der Waals surface area contributed by atoms with Crippen LogP contribution < -0.4 is 5.73 Å². The molecule has 11 heteroatoms. The number of thiocarbonyl (C=S) groups is 1. The first-order valence-electron chi connectivity index (χ1n) is 7.62. The molecule has 0 aromatic carbocycles. The normalized spacial score (nSPS) is 27.8. The van der Waals surface area contributed by atoms with Gasteiger partial charge >= 0.3 is 23.9 Å². The fourth-order valence-electron chi connectivity index (χ4n) is 2.46. The molecule has 10 nitrogen and oxygen atoms in total. The van der Waals surface area contributed by atoms with Gasteiger partial charge in [-0.2, -0.15) is 0 Å². The molecule has 1 heterocycles. The predicted molar refractivity (Wildman–Crippen MR) is 88.7 cm³/mol. The highest BCUT2D eigenvalue weighted by Gasteiger charge is 2.52. The van der Waals surface area contributed by atoms with E-state index in [0.29, 0.717) is 0 Å². The molecule has 0 amide bonds. The van der Waals surface area contributed by atoms with Crippen molar-refractivity contribution in [1.82, 2.24) is 0 Å². The van der Waals surface area contributed by atoms with Gasteiger partial charge in [0, 0.05) is 27.7 Å². The summed E-state index contributed by atoms with van der Waals surface area (Å²) in [6.45, 7) is 4.25. The van der Waals surface area contributed by atoms with E-state index >= 15 is 0 Å². The first kappa shape index (κ1) is 21.8. The van der Waals surface area contributed by atoms with Crippen molar-refractivity contribution >= 4 is 41.1 Å². The molecule has 1 rings (SSSR count). The quantitative estimate of drug-likeness (QED) is 0.352. The van der Waals surface area contributed by atoms with Crippen LogP contribution >= 0.6 is 12.2 Å². The molecule has 146 valence electrons. The molecule has 1 aliphatic rings. The van der Waals surface area contributed by atoms with Crippen molar-refractivity contribution in [3.63, 3.8) is 0 Å². The van der Waals surface area contributed by atoms with Gasteiger partial charge in [0.05, 0.1) is 0 Å². The molecule has 0 aliphatic carbocycles. The van der Waals surface area contributed by atoms with Crippen molar-refractivity contribution in [2.45, 2.75) is 58.2 Å². The monoisotopic (exact) mass is 391 g/mol. The zero-order valence-electron chi connectivity index (χ0n) is 14.8. The van der Waals surface area contributed by atoms with Crippen LogP contribution in [0, 0.1) is 0 Å². The summed E-state index contributed by atoms with van der Waals surface area (Å²) in [6, 6.07) is 0. The Balaban J connectivity index is 3.29. The molecule has 0 aromatic heterocycles. The van der Waals surface area contributed by atoms with Crippen molar-refractivity contribution in [3.05, 3.63) is 0 Å². The van der Waals surface area contributed by atoms with E-state index in [2.05, 4.69) is 0 Å². The lowest BCUT2D eigenvalue weighted by Gasteiger charge is -2.44. The van der Waals surface area contributed by atoms with Crippen LogP contribution in [0.15, 0.2) is 0 Å². The van der Waals surface area contributed by atoms with Gasteiger partial charge in [0.2, 0.25) is 0 Å². The summed E-state index contributed by atoms with van der Waals surface area (Å²) < 4.78 is 26.1. The van der Waals surface area contributed by atoms with Gasteiger partial charge in [0.15, 0.2) is 18.3 Å². The number of esters is 4. The van der Waals surface area contributed by atoms with Crippen molar-refractivity contribution in [2.24, 2.45) is 5.73 Å². The van der Waals surface area contributed by atoms with Crippen LogP contribution in [0.1, 0.15) is 27.7 Å². The summed E-state index contributed by atoms with van der Waals surface area (Å²) in [5.74, 6) is -2.75. The average Bonchev–Trinajstić information content (AvgIpc) is 2.47. The van der Waals surface area contributed by atoms with E-state index < -0.39 is 54.4 Å². The van der Waals surface area contributed by atoms with Crippen LogP contribution in [0.3, 0.4) is 0 Å². The minimum atomic E-state index is -1.26. The van der Waals surface area contributed by atoms with Crippen molar-refractivity contribution in [3.8, 4) is 0 Å². The minimum absolute atomic E-state index is 0.178. The molecule has 0 bridgehead atoms. The maximum atomic E-state index is 11.5. The first-order chi connectivity index (χ1) is 12.0. The molecule has 1 aliphatic heterocycles. The third kappa shape index (κ3) is 6.23. The average molecular weight is 391 g/mol. The van der Waals surface area contributed by atoms with Crippen LogP contribution in [0.2, 0.25) is 0 Å². The summed E-state index contributed by atoms with van der Waals surface area (Å²) in [6.07, 6.45) is -5.92. The number of nitrogens with two attached hydrogens (primary N) is 1. The summed E-state index contributed by atoms with van der Waals surface area (Å²) in [5, 5.41) is 0. The Morgan fingerprint density at radius 2 is 1.31 bits per heavy atom. The van der Waals surface area contributed by atoms with Crippen molar-refractivity contribution < 1.29 is 42.9 Å². The zero-order chi connectivity index (χ0) is 20.0. The molecule has 5 atom stereocenters. The molecule has 1 saturated heterocycles. The van der Waals surface area contributed by atoms with Gasteiger partial charge in [-0.05, 0) is 0 Å². The van der Waals surface area contributed by atoms with Crippen LogP contribution in [-0.4, -0.2) is 66.0 Å². The molecule has 0 radical (unpaired) electrons. The molecular weight excluding hydrogens is 370 g/mol. The van der Waals surface area contributed by atoms with Crippen LogP contribution in [0.4, 0.5) is 0 Å². The van der Waals surface area contributed by atoms with E-state index in [4.69, 9.17) is 41.6 Å². The van der Waals surface area contributed by atoms with E-state index in [0.717, 1.165) is 20.8 Å². The summed E-state index contributed by atoms with van der Waals surface area (Å²) in [4.78, 5) is 45.4. The van der Waals surface area contributed by atoms with Gasteiger partial charge in [-0.1, -0.05) is 12.2 Å². The van der Waals surface area contributed by atoms with Crippen molar-refractivity contribution in [2.75, 3.05) is 6.61 Å². The van der Waals surface area contributed by atoms with Crippen molar-refractivity contribution in [1.29, 1.82) is 0 Å². The van der Waals surface area contributed by atoms with Gasteiger partial charge in [-0.3, -0.25) is 19.2 Å². The van der Waals surface area contributed by atoms with Gasteiger partial charge < -0.3 is 29.4 Å². The molecule has 26 heavy (non-hydrogen) atoms. The second-order valence-corrected chi connectivity index (χ2v) is 5.99. The fourth-order valence-corrected chi connectivity index (χ4v) is 2.65. The number of carbonyl (C=O) groups excluding carboxylic acids is 4. The molecule has 0 spiro atoms. The number of carbonyl (C=O) groups is 4. The van der Waals surface area contributed by atoms with Gasteiger partial charge in [-0.25, -0.2) is 0 Å².